The van der Waals surface area contributed by atoms with E-state index < -0.39 is 34.4 Å². The maximum absolute atomic E-state index is 13.7. The fourth-order valence-corrected chi connectivity index (χ4v) is 6.17. The van der Waals surface area contributed by atoms with Crippen molar-refractivity contribution in [3.8, 4) is 0 Å². The molecule has 35 heavy (non-hydrogen) atoms. The van der Waals surface area contributed by atoms with Gasteiger partial charge in [0.05, 0.1) is 29.7 Å². The highest BCUT2D eigenvalue weighted by molar-refractivity contribution is 8.23. The Balaban J connectivity index is 1.77. The minimum absolute atomic E-state index is 0.0395. The number of aliphatic hydroxyl groups excluding tert-OH is 1. The van der Waals surface area contributed by atoms with Crippen LogP contribution in [0, 0.1) is 17.6 Å². The van der Waals surface area contributed by atoms with Gasteiger partial charge in [-0.15, -0.1) is 0 Å². The van der Waals surface area contributed by atoms with Gasteiger partial charge in [0, 0.05) is 19.0 Å². The average Bonchev–Trinajstić information content (AvgIpc) is 2.74. The lowest BCUT2D eigenvalue weighted by Crippen LogP contribution is -2.50. The molecular weight excluding hydrogens is 474 g/mol. The summed E-state index contributed by atoms with van der Waals surface area (Å²) in [5.41, 5.74) is 3.27. The second-order valence-corrected chi connectivity index (χ2v) is 12.0. The van der Waals surface area contributed by atoms with E-state index in [2.05, 4.69) is 10.6 Å². The van der Waals surface area contributed by atoms with Gasteiger partial charge in [0.2, 0.25) is 5.91 Å². The summed E-state index contributed by atoms with van der Waals surface area (Å²) in [7, 11) is -2.82. The van der Waals surface area contributed by atoms with Crippen molar-refractivity contribution in [1.82, 2.24) is 10.6 Å². The zero-order valence-electron chi connectivity index (χ0n) is 20.4. The van der Waals surface area contributed by atoms with Gasteiger partial charge in [-0.25, -0.2) is 8.78 Å². The summed E-state index contributed by atoms with van der Waals surface area (Å²) in [5, 5.41) is 17.1. The molecule has 194 valence electrons. The van der Waals surface area contributed by atoms with Crippen LogP contribution in [0.25, 0.3) is 0 Å². The van der Waals surface area contributed by atoms with Crippen molar-refractivity contribution >= 4 is 16.5 Å². The third-order valence-corrected chi connectivity index (χ3v) is 7.81. The number of nitrogens with one attached hydrogen (secondary N) is 2. The number of fused-ring (bicyclic) bond motifs is 1. The van der Waals surface area contributed by atoms with Crippen LogP contribution in [0.15, 0.2) is 36.4 Å². The molecule has 0 spiro atoms. The van der Waals surface area contributed by atoms with E-state index in [1.54, 1.807) is 0 Å². The van der Waals surface area contributed by atoms with Gasteiger partial charge in [0.25, 0.3) is 0 Å². The van der Waals surface area contributed by atoms with Crippen LogP contribution >= 0.6 is 10.6 Å². The third-order valence-electron chi connectivity index (χ3n) is 6.17. The predicted molar refractivity (Wildman–Crippen MR) is 135 cm³/mol. The van der Waals surface area contributed by atoms with Gasteiger partial charge in [0.1, 0.15) is 11.6 Å². The summed E-state index contributed by atoms with van der Waals surface area (Å²) in [5.74, 6) is -1.28. The minimum atomic E-state index is -2.82. The van der Waals surface area contributed by atoms with Crippen molar-refractivity contribution in [3.63, 3.8) is 0 Å². The molecule has 2 aromatic rings. The molecule has 2 aromatic carbocycles. The van der Waals surface area contributed by atoms with Gasteiger partial charge in [-0.3, -0.25) is 13.9 Å². The molecule has 6 nitrogen and oxygen atoms in total. The first kappa shape index (κ1) is 27.5. The Morgan fingerprint density at radius 3 is 2.43 bits per heavy atom. The van der Waals surface area contributed by atoms with Gasteiger partial charge in [-0.1, -0.05) is 39.0 Å². The van der Waals surface area contributed by atoms with Gasteiger partial charge < -0.3 is 15.7 Å². The maximum Gasteiger partial charge on any atom is 0.220 e. The van der Waals surface area contributed by atoms with Crippen LogP contribution in [0.4, 0.5) is 8.78 Å². The topological polar surface area (TPSA) is 102 Å². The van der Waals surface area contributed by atoms with Crippen molar-refractivity contribution in [2.24, 2.45) is 5.92 Å². The zero-order valence-corrected chi connectivity index (χ0v) is 21.2. The van der Waals surface area contributed by atoms with E-state index in [9.17, 15) is 27.8 Å². The summed E-state index contributed by atoms with van der Waals surface area (Å²) >= 11 is 0. The lowest BCUT2D eigenvalue weighted by molar-refractivity contribution is -0.123. The van der Waals surface area contributed by atoms with E-state index in [1.165, 1.54) is 12.1 Å². The molecular formula is C26H36F2N2O4S. The van der Waals surface area contributed by atoms with Crippen LogP contribution in [0.3, 0.4) is 0 Å². The standard InChI is InChI=1S/C26H36F2N2O4S/c1-4-17-5-6-19-14-35(33,34)15-24(22(19)10-17)29-13-25(31)23(30-26(32)7-16(2)3)11-18-8-20(27)12-21(28)9-18/h5-6,8-10,12,16,23-25,29,31,33-34H,4,7,11,13-15H2,1-3H3,(H,30,32)/t23-,24-,25-/m0/s1. The Labute approximate surface area is 207 Å². The lowest BCUT2D eigenvalue weighted by atomic mass is 9.96. The summed E-state index contributed by atoms with van der Waals surface area (Å²) in [6.07, 6.45) is 0.0503. The number of aliphatic hydroxyl groups is 1. The van der Waals surface area contributed by atoms with Crippen LogP contribution in [0.5, 0.6) is 0 Å². The summed E-state index contributed by atoms with van der Waals surface area (Å²) < 4.78 is 48.4. The van der Waals surface area contributed by atoms with Crippen molar-refractivity contribution < 1.29 is 27.8 Å². The molecule has 0 aromatic heterocycles. The molecule has 0 saturated heterocycles. The van der Waals surface area contributed by atoms with Crippen LogP contribution in [-0.4, -0.2) is 44.6 Å². The van der Waals surface area contributed by atoms with Crippen molar-refractivity contribution in [3.05, 3.63) is 70.3 Å². The second-order valence-electron chi connectivity index (χ2n) is 9.78. The van der Waals surface area contributed by atoms with Gasteiger partial charge in [-0.05, 0) is 53.1 Å². The van der Waals surface area contributed by atoms with Gasteiger partial charge >= 0.3 is 0 Å². The highest BCUT2D eigenvalue weighted by atomic mass is 32.3. The molecule has 1 aliphatic rings. The first-order valence-electron chi connectivity index (χ1n) is 12.0. The Kier molecular flexibility index (Phi) is 9.28. The smallest absolute Gasteiger partial charge is 0.220 e. The van der Waals surface area contributed by atoms with Crippen molar-refractivity contribution in [2.45, 2.75) is 64.0 Å². The molecule has 0 bridgehead atoms. The zero-order chi connectivity index (χ0) is 25.8. The largest absolute Gasteiger partial charge is 0.390 e. The lowest BCUT2D eigenvalue weighted by Gasteiger charge is -2.42. The number of hydrogen-bond donors (Lipinski definition) is 5. The highest BCUT2D eigenvalue weighted by Gasteiger charge is 2.31. The highest BCUT2D eigenvalue weighted by Crippen LogP contribution is 2.50. The minimum Gasteiger partial charge on any atom is -0.390 e. The van der Waals surface area contributed by atoms with E-state index in [1.807, 2.05) is 39.0 Å². The second kappa shape index (κ2) is 11.8. The normalized spacial score (nSPS) is 19.6. The molecule has 9 heteroatoms. The third kappa shape index (κ3) is 7.98. The number of carbonyl (C=O) groups is 1. The number of rotatable bonds is 10. The molecule has 0 radical (unpaired) electrons. The number of halogens is 2. The predicted octanol–water partition coefficient (Wildman–Crippen LogP) is 4.56. The van der Waals surface area contributed by atoms with Crippen LogP contribution in [0.1, 0.15) is 55.5 Å². The Morgan fingerprint density at radius 2 is 1.80 bits per heavy atom. The fraction of sp³-hybridized carbons (Fsp3) is 0.500. The molecule has 3 rings (SSSR count). The Morgan fingerprint density at radius 1 is 1.11 bits per heavy atom. The molecule has 3 atom stereocenters. The van der Waals surface area contributed by atoms with Gasteiger partial charge in [0.15, 0.2) is 0 Å². The molecule has 0 unspecified atom stereocenters. The fourth-order valence-electron chi connectivity index (χ4n) is 4.46. The van der Waals surface area contributed by atoms with Crippen LogP contribution < -0.4 is 10.6 Å². The van der Waals surface area contributed by atoms with E-state index in [-0.39, 0.29) is 48.8 Å². The molecule has 1 heterocycles. The maximum atomic E-state index is 13.7. The SMILES string of the molecule is CCc1ccc2c(c1)[C@@H](NC[C@H](O)[C@H](Cc1cc(F)cc(F)c1)NC(=O)CC(C)C)CS(O)(O)C2. The van der Waals surface area contributed by atoms with Crippen molar-refractivity contribution in [2.75, 3.05) is 12.3 Å². The number of benzene rings is 2. The summed E-state index contributed by atoms with van der Waals surface area (Å²) in [6.45, 7) is 5.89. The Hall–Kier alpha value is -2.04. The number of aryl methyl sites for hydroxylation is 1. The Bertz CT molecular complexity index is 1010. The molecule has 0 aliphatic carbocycles. The van der Waals surface area contributed by atoms with Crippen molar-refractivity contribution in [1.29, 1.82) is 0 Å². The average molecular weight is 511 g/mol. The summed E-state index contributed by atoms with van der Waals surface area (Å²) in [4.78, 5) is 12.5. The van der Waals surface area contributed by atoms with E-state index in [0.717, 1.165) is 29.2 Å². The van der Waals surface area contributed by atoms with E-state index >= 15 is 0 Å². The van der Waals surface area contributed by atoms with Gasteiger partial charge in [-0.2, -0.15) is 10.6 Å². The van der Waals surface area contributed by atoms with Crippen LogP contribution in [-0.2, 0) is 23.4 Å². The molecule has 1 amide bonds. The molecule has 0 saturated carbocycles. The van der Waals surface area contributed by atoms with E-state index in [4.69, 9.17) is 0 Å². The monoisotopic (exact) mass is 510 g/mol. The quantitative estimate of drug-likeness (QED) is 0.323. The molecule has 1 aliphatic heterocycles. The summed E-state index contributed by atoms with van der Waals surface area (Å²) in [6, 6.07) is 7.91. The first-order valence-corrected chi connectivity index (χ1v) is 13.8. The molecule has 0 fully saturated rings. The molecule has 5 N–H and O–H groups in total. The van der Waals surface area contributed by atoms with Crippen LogP contribution in [0.2, 0.25) is 0 Å². The number of hydrogen-bond acceptors (Lipinski definition) is 5. The number of amides is 1. The first-order chi connectivity index (χ1) is 16.5. The van der Waals surface area contributed by atoms with E-state index in [0.29, 0.717) is 5.56 Å². The number of carbonyl (C=O) groups excluding carboxylic acids is 1.